The topological polar surface area (TPSA) is 45.6 Å². The molecule has 0 radical (unpaired) electrons. The van der Waals surface area contributed by atoms with E-state index in [0.29, 0.717) is 21.3 Å². The van der Waals surface area contributed by atoms with E-state index in [1.807, 2.05) is 18.2 Å². The maximum atomic E-state index is 13.5. The van der Waals surface area contributed by atoms with Gasteiger partial charge in [-0.2, -0.15) is 0 Å². The first kappa shape index (κ1) is 23.1. The highest BCUT2D eigenvalue weighted by Crippen LogP contribution is 2.36. The minimum atomic E-state index is -0.0729. The van der Waals surface area contributed by atoms with Gasteiger partial charge in [-0.1, -0.05) is 68.4 Å². The van der Waals surface area contributed by atoms with E-state index in [1.54, 1.807) is 22.6 Å². The molecule has 2 saturated heterocycles. The predicted molar refractivity (Wildman–Crippen MR) is 139 cm³/mol. The maximum Gasteiger partial charge on any atom is 0.266 e. The lowest BCUT2D eigenvalue weighted by molar-refractivity contribution is -0.122. The van der Waals surface area contributed by atoms with Gasteiger partial charge in [-0.05, 0) is 37.8 Å². The van der Waals surface area contributed by atoms with Crippen molar-refractivity contribution in [2.45, 2.75) is 51.9 Å². The largest absolute Gasteiger partial charge is 0.370 e. The summed E-state index contributed by atoms with van der Waals surface area (Å²) < 4.78 is 2.29. The van der Waals surface area contributed by atoms with E-state index >= 15 is 0 Å². The van der Waals surface area contributed by atoms with Crippen molar-refractivity contribution in [3.8, 4) is 0 Å². The zero-order valence-corrected chi connectivity index (χ0v) is 20.6. The van der Waals surface area contributed by atoms with Crippen LogP contribution in [-0.2, 0) is 11.8 Å². The van der Waals surface area contributed by atoms with Crippen LogP contribution >= 0.6 is 24.0 Å². The van der Waals surface area contributed by atoms with Crippen LogP contribution in [0.3, 0.4) is 0 Å². The van der Waals surface area contributed by atoms with Gasteiger partial charge < -0.3 is 9.47 Å². The van der Waals surface area contributed by atoms with Crippen molar-refractivity contribution in [2.24, 2.45) is 7.05 Å². The first-order valence-electron chi connectivity index (χ1n) is 11.6. The molecule has 0 spiro atoms. The molecule has 5 nitrogen and oxygen atoms in total. The van der Waals surface area contributed by atoms with Gasteiger partial charge in [0.05, 0.1) is 21.7 Å². The molecule has 0 bridgehead atoms. The van der Waals surface area contributed by atoms with E-state index in [2.05, 4.69) is 17.9 Å². The zero-order chi connectivity index (χ0) is 22.7. The van der Waals surface area contributed by atoms with Gasteiger partial charge in [0.25, 0.3) is 11.5 Å². The van der Waals surface area contributed by atoms with Crippen LogP contribution in [0.5, 0.6) is 0 Å². The number of aryl methyl sites for hydroxylation is 1. The Morgan fingerprint density at radius 1 is 1.06 bits per heavy atom. The fraction of sp³-hybridized carbons (Fsp3) is 0.480. The SMILES string of the molecule is CCCCCCN1C(=O)C(=Cc2c(N3CCCCC3)c3ccccc3n(C)c2=O)SC1=S. The molecule has 170 valence electrons. The summed E-state index contributed by atoms with van der Waals surface area (Å²) in [7, 11) is 1.81. The number of hydrogen-bond acceptors (Lipinski definition) is 5. The van der Waals surface area contributed by atoms with Gasteiger partial charge in [-0.25, -0.2) is 0 Å². The lowest BCUT2D eigenvalue weighted by Gasteiger charge is -2.31. The van der Waals surface area contributed by atoms with E-state index in [-0.39, 0.29) is 11.5 Å². The van der Waals surface area contributed by atoms with E-state index in [4.69, 9.17) is 12.2 Å². The first-order valence-corrected chi connectivity index (χ1v) is 12.9. The second kappa shape index (κ2) is 10.2. The van der Waals surface area contributed by atoms with Gasteiger partial charge >= 0.3 is 0 Å². The second-order valence-electron chi connectivity index (χ2n) is 8.59. The Balaban J connectivity index is 1.76. The quantitative estimate of drug-likeness (QED) is 0.312. The molecule has 2 aliphatic heterocycles. The molecular formula is C25H31N3O2S2. The fourth-order valence-electron chi connectivity index (χ4n) is 4.61. The van der Waals surface area contributed by atoms with Gasteiger partial charge in [0.15, 0.2) is 0 Å². The van der Waals surface area contributed by atoms with Crippen LogP contribution in [0.15, 0.2) is 34.0 Å². The van der Waals surface area contributed by atoms with Crippen molar-refractivity contribution in [1.29, 1.82) is 0 Å². The first-order chi connectivity index (χ1) is 15.5. The number of rotatable bonds is 7. The Labute approximate surface area is 199 Å². The maximum absolute atomic E-state index is 13.5. The number of anilines is 1. The number of piperidine rings is 1. The molecule has 7 heteroatoms. The Morgan fingerprint density at radius 3 is 2.56 bits per heavy atom. The van der Waals surface area contributed by atoms with E-state index in [1.165, 1.54) is 18.2 Å². The molecule has 2 aliphatic rings. The van der Waals surface area contributed by atoms with Crippen molar-refractivity contribution in [2.75, 3.05) is 24.5 Å². The van der Waals surface area contributed by atoms with Gasteiger partial charge in [0, 0.05) is 32.1 Å². The van der Waals surface area contributed by atoms with E-state index in [0.717, 1.165) is 68.2 Å². The van der Waals surface area contributed by atoms with Gasteiger partial charge in [0.2, 0.25) is 0 Å². The summed E-state index contributed by atoms with van der Waals surface area (Å²) >= 11 is 6.83. The van der Waals surface area contributed by atoms with Crippen molar-refractivity contribution in [1.82, 2.24) is 9.47 Å². The third-order valence-corrected chi connectivity index (χ3v) is 7.75. The fourth-order valence-corrected chi connectivity index (χ4v) is 5.90. The highest BCUT2D eigenvalue weighted by Gasteiger charge is 2.32. The summed E-state index contributed by atoms with van der Waals surface area (Å²) in [4.78, 5) is 31.2. The monoisotopic (exact) mass is 469 g/mol. The minimum absolute atomic E-state index is 0.0718. The molecular weight excluding hydrogens is 438 g/mol. The lowest BCUT2D eigenvalue weighted by Crippen LogP contribution is -2.33. The molecule has 2 fully saturated rings. The van der Waals surface area contributed by atoms with Gasteiger partial charge in [-0.3, -0.25) is 14.5 Å². The van der Waals surface area contributed by atoms with Crippen molar-refractivity contribution in [3.63, 3.8) is 0 Å². The molecule has 0 aliphatic carbocycles. The number of thiocarbonyl (C=S) groups is 1. The van der Waals surface area contributed by atoms with Crippen molar-refractivity contribution < 1.29 is 4.79 Å². The molecule has 2 aromatic rings. The number of amides is 1. The Bertz CT molecular complexity index is 1120. The third kappa shape index (κ3) is 4.50. The normalized spacial score (nSPS) is 18.4. The molecule has 0 saturated carbocycles. The van der Waals surface area contributed by atoms with Gasteiger partial charge in [-0.15, -0.1) is 0 Å². The average Bonchev–Trinajstić information content (AvgIpc) is 3.08. The number of fused-ring (bicyclic) bond motifs is 1. The Kier molecular flexibility index (Phi) is 7.36. The summed E-state index contributed by atoms with van der Waals surface area (Å²) in [5.74, 6) is -0.0729. The van der Waals surface area contributed by atoms with Gasteiger partial charge in [0.1, 0.15) is 4.32 Å². The van der Waals surface area contributed by atoms with Crippen LogP contribution in [0.1, 0.15) is 57.4 Å². The molecule has 0 atom stereocenters. The summed E-state index contributed by atoms with van der Waals surface area (Å²) in [6.45, 7) is 4.68. The number of benzene rings is 1. The molecule has 1 aromatic carbocycles. The van der Waals surface area contributed by atoms with E-state index < -0.39 is 0 Å². The number of pyridine rings is 1. The highest BCUT2D eigenvalue weighted by atomic mass is 32.2. The number of para-hydroxylation sites is 1. The summed E-state index contributed by atoms with van der Waals surface area (Å²) in [6, 6.07) is 8.05. The number of carbonyl (C=O) groups excluding carboxylic acids is 1. The van der Waals surface area contributed by atoms with Crippen LogP contribution in [0.4, 0.5) is 5.69 Å². The number of hydrogen-bond donors (Lipinski definition) is 0. The molecule has 4 rings (SSSR count). The third-order valence-electron chi connectivity index (χ3n) is 6.37. The number of thioether (sulfide) groups is 1. The number of aromatic nitrogens is 1. The molecule has 32 heavy (non-hydrogen) atoms. The average molecular weight is 470 g/mol. The minimum Gasteiger partial charge on any atom is -0.370 e. The molecule has 0 N–H and O–H groups in total. The molecule has 3 heterocycles. The predicted octanol–water partition coefficient (Wildman–Crippen LogP) is 5.31. The van der Waals surface area contributed by atoms with Crippen LogP contribution in [0.25, 0.3) is 17.0 Å². The Hall–Kier alpha value is -2.12. The smallest absolute Gasteiger partial charge is 0.266 e. The summed E-state index contributed by atoms with van der Waals surface area (Å²) in [5.41, 5.74) is 2.40. The summed E-state index contributed by atoms with van der Waals surface area (Å²) in [5, 5.41) is 1.05. The Morgan fingerprint density at radius 2 is 1.81 bits per heavy atom. The van der Waals surface area contributed by atoms with Crippen LogP contribution < -0.4 is 10.5 Å². The van der Waals surface area contributed by atoms with Crippen LogP contribution in [0, 0.1) is 0 Å². The number of nitrogens with zero attached hydrogens (tertiary/aromatic N) is 3. The number of unbranched alkanes of at least 4 members (excludes halogenated alkanes) is 3. The number of carbonyl (C=O) groups is 1. The second-order valence-corrected chi connectivity index (χ2v) is 10.3. The molecule has 0 unspecified atom stereocenters. The summed E-state index contributed by atoms with van der Waals surface area (Å²) in [6.07, 6.45) is 9.60. The van der Waals surface area contributed by atoms with Crippen molar-refractivity contribution in [3.05, 3.63) is 45.1 Å². The van der Waals surface area contributed by atoms with Crippen LogP contribution in [-0.4, -0.2) is 39.3 Å². The van der Waals surface area contributed by atoms with E-state index in [9.17, 15) is 9.59 Å². The standard InChI is InChI=1S/C25H31N3O2S2/c1-3-4-5-11-16-28-24(30)21(32-25(28)31)17-19-22(27-14-9-6-10-15-27)18-12-7-8-13-20(18)26(2)23(19)29/h7-8,12-13,17H,3-6,9-11,14-16H2,1-2H3. The lowest BCUT2D eigenvalue weighted by atomic mass is 10.0. The van der Waals surface area contributed by atoms with Crippen LogP contribution in [0.2, 0.25) is 0 Å². The molecule has 1 aromatic heterocycles. The molecule has 1 amide bonds. The zero-order valence-electron chi connectivity index (χ0n) is 18.9. The van der Waals surface area contributed by atoms with Crippen molar-refractivity contribution >= 4 is 56.9 Å². The highest BCUT2D eigenvalue weighted by molar-refractivity contribution is 8.26.